The minimum atomic E-state index is -0.534. The number of nitrogens with zero attached hydrogens (tertiary/aromatic N) is 3. The largest absolute Gasteiger partial charge is 0.454 e. The van der Waals surface area contributed by atoms with Crippen LogP contribution in [-0.4, -0.2) is 14.7 Å². The lowest BCUT2D eigenvalue weighted by Crippen LogP contribution is -1.95. The fraction of sp³-hybridized carbons (Fsp3) is 0.182. The smallest absolute Gasteiger partial charge is 0.292 e. The molecule has 0 saturated heterocycles. The summed E-state index contributed by atoms with van der Waals surface area (Å²) >= 11 is 0. The third kappa shape index (κ3) is 2.40. The summed E-state index contributed by atoms with van der Waals surface area (Å²) < 4.78 is 7.20. The average Bonchev–Trinajstić information content (AvgIpc) is 2.76. The van der Waals surface area contributed by atoms with Crippen molar-refractivity contribution in [2.45, 2.75) is 13.5 Å². The van der Waals surface area contributed by atoms with E-state index < -0.39 is 4.92 Å². The molecule has 94 valence electrons. The van der Waals surface area contributed by atoms with Crippen LogP contribution in [0.1, 0.15) is 6.92 Å². The predicted molar refractivity (Wildman–Crippen MR) is 65.5 cm³/mol. The highest BCUT2D eigenvalue weighted by atomic mass is 16.6. The maximum atomic E-state index is 10.6. The van der Waals surface area contributed by atoms with E-state index in [1.807, 2.05) is 6.92 Å². The number of benzene rings is 1. The molecule has 7 heteroatoms. The zero-order valence-corrected chi connectivity index (χ0v) is 9.74. The molecule has 1 aromatic heterocycles. The van der Waals surface area contributed by atoms with E-state index in [0.29, 0.717) is 11.5 Å². The molecule has 2 rings (SSSR count). The first-order valence-corrected chi connectivity index (χ1v) is 5.34. The van der Waals surface area contributed by atoms with Crippen LogP contribution in [0, 0.1) is 10.1 Å². The Balaban J connectivity index is 2.19. The maximum absolute atomic E-state index is 10.6. The van der Waals surface area contributed by atoms with Crippen molar-refractivity contribution in [1.29, 1.82) is 0 Å². The van der Waals surface area contributed by atoms with Crippen LogP contribution in [0.2, 0.25) is 0 Å². The average molecular weight is 248 g/mol. The fourth-order valence-corrected chi connectivity index (χ4v) is 1.47. The molecule has 0 aliphatic rings. The molecular weight excluding hydrogens is 236 g/mol. The third-order valence-corrected chi connectivity index (χ3v) is 2.36. The quantitative estimate of drug-likeness (QED) is 0.508. The van der Waals surface area contributed by atoms with E-state index in [2.05, 4.69) is 5.10 Å². The Morgan fingerprint density at radius 2 is 2.28 bits per heavy atom. The molecule has 0 saturated carbocycles. The van der Waals surface area contributed by atoms with Crippen LogP contribution in [-0.2, 0) is 6.54 Å². The lowest BCUT2D eigenvalue weighted by atomic mass is 10.2. The highest BCUT2D eigenvalue weighted by Crippen LogP contribution is 2.28. The van der Waals surface area contributed by atoms with Crippen LogP contribution < -0.4 is 10.5 Å². The van der Waals surface area contributed by atoms with E-state index in [1.165, 1.54) is 18.2 Å². The van der Waals surface area contributed by atoms with Gasteiger partial charge in [-0.3, -0.25) is 14.8 Å². The first-order chi connectivity index (χ1) is 8.60. The molecule has 0 aliphatic heterocycles. The highest BCUT2D eigenvalue weighted by Gasteiger charge is 2.12. The van der Waals surface area contributed by atoms with Gasteiger partial charge in [-0.2, -0.15) is 5.10 Å². The molecule has 2 N–H and O–H groups in total. The van der Waals surface area contributed by atoms with Crippen molar-refractivity contribution >= 4 is 11.4 Å². The van der Waals surface area contributed by atoms with Gasteiger partial charge in [0.25, 0.3) is 5.69 Å². The predicted octanol–water partition coefficient (Wildman–Crippen LogP) is 2.19. The number of hydrogen-bond acceptors (Lipinski definition) is 5. The monoisotopic (exact) mass is 248 g/mol. The lowest BCUT2D eigenvalue weighted by molar-refractivity contribution is -0.383. The van der Waals surface area contributed by atoms with Crippen molar-refractivity contribution < 1.29 is 9.66 Å². The Kier molecular flexibility index (Phi) is 3.13. The number of nitro groups is 1. The van der Waals surface area contributed by atoms with Gasteiger partial charge in [0.1, 0.15) is 11.4 Å². The van der Waals surface area contributed by atoms with E-state index in [9.17, 15) is 10.1 Å². The Morgan fingerprint density at radius 3 is 2.83 bits per heavy atom. The minimum Gasteiger partial charge on any atom is -0.454 e. The second kappa shape index (κ2) is 4.74. The number of hydrogen-bond donors (Lipinski definition) is 1. The van der Waals surface area contributed by atoms with E-state index in [0.717, 1.165) is 6.54 Å². The second-order valence-corrected chi connectivity index (χ2v) is 3.61. The molecule has 0 bridgehead atoms. The highest BCUT2D eigenvalue weighted by molar-refractivity contribution is 5.61. The van der Waals surface area contributed by atoms with E-state index in [-0.39, 0.29) is 11.4 Å². The Morgan fingerprint density at radius 1 is 1.50 bits per heavy atom. The molecule has 2 aromatic rings. The van der Waals surface area contributed by atoms with Gasteiger partial charge in [0.15, 0.2) is 5.75 Å². The lowest BCUT2D eigenvalue weighted by Gasteiger charge is -2.03. The number of rotatable bonds is 4. The molecule has 0 fully saturated rings. The van der Waals surface area contributed by atoms with E-state index >= 15 is 0 Å². The number of nitrogens with two attached hydrogens (primary N) is 1. The zero-order valence-electron chi connectivity index (χ0n) is 9.74. The number of ether oxygens (including phenoxy) is 1. The standard InChI is InChI=1S/C11H12N4O3/c1-2-14-7-9(6-13-14)18-8-3-4-11(15(16)17)10(12)5-8/h3-7H,2,12H2,1H3. The molecule has 0 radical (unpaired) electrons. The molecule has 18 heavy (non-hydrogen) atoms. The molecule has 7 nitrogen and oxygen atoms in total. The maximum Gasteiger partial charge on any atom is 0.292 e. The van der Waals surface area contributed by atoms with Crippen molar-refractivity contribution in [3.8, 4) is 11.5 Å². The van der Waals surface area contributed by atoms with Crippen molar-refractivity contribution in [3.05, 3.63) is 40.7 Å². The van der Waals surface area contributed by atoms with Crippen LogP contribution in [0.3, 0.4) is 0 Å². The van der Waals surface area contributed by atoms with Gasteiger partial charge in [0.05, 0.1) is 17.3 Å². The molecule has 0 spiro atoms. The summed E-state index contributed by atoms with van der Waals surface area (Å²) in [5.74, 6) is 0.999. The second-order valence-electron chi connectivity index (χ2n) is 3.61. The fourth-order valence-electron chi connectivity index (χ4n) is 1.47. The van der Waals surface area contributed by atoms with Gasteiger partial charge >= 0.3 is 0 Å². The summed E-state index contributed by atoms with van der Waals surface area (Å²) in [5.41, 5.74) is 5.50. The van der Waals surface area contributed by atoms with Crippen molar-refractivity contribution in [2.75, 3.05) is 5.73 Å². The molecule has 1 aromatic carbocycles. The van der Waals surface area contributed by atoms with Crippen LogP contribution >= 0.6 is 0 Å². The molecule has 0 atom stereocenters. The number of aromatic nitrogens is 2. The molecular formula is C11H12N4O3. The van der Waals surface area contributed by atoms with Gasteiger partial charge in [0, 0.05) is 18.7 Å². The van der Waals surface area contributed by atoms with Crippen LogP contribution in [0.15, 0.2) is 30.6 Å². The topological polar surface area (TPSA) is 96.2 Å². The summed E-state index contributed by atoms with van der Waals surface area (Å²) in [6, 6.07) is 4.23. The first kappa shape index (κ1) is 11.9. The normalized spacial score (nSPS) is 10.3. The number of anilines is 1. The zero-order chi connectivity index (χ0) is 13.1. The molecule has 1 heterocycles. The van der Waals surface area contributed by atoms with Crippen LogP contribution in [0.4, 0.5) is 11.4 Å². The Labute approximate surface area is 103 Å². The summed E-state index contributed by atoms with van der Waals surface area (Å²) in [6.45, 7) is 2.70. The van der Waals surface area contributed by atoms with Crippen molar-refractivity contribution in [1.82, 2.24) is 9.78 Å². The number of nitro benzene ring substituents is 1. The van der Waals surface area contributed by atoms with Gasteiger partial charge in [-0.05, 0) is 13.0 Å². The van der Waals surface area contributed by atoms with Gasteiger partial charge < -0.3 is 10.5 Å². The number of aryl methyl sites for hydroxylation is 1. The Hall–Kier alpha value is -2.57. The van der Waals surface area contributed by atoms with Crippen molar-refractivity contribution in [3.63, 3.8) is 0 Å². The molecule has 0 amide bonds. The third-order valence-electron chi connectivity index (χ3n) is 2.36. The van der Waals surface area contributed by atoms with Gasteiger partial charge in [-0.15, -0.1) is 0 Å². The number of nitrogen functional groups attached to an aromatic ring is 1. The van der Waals surface area contributed by atoms with Crippen LogP contribution in [0.25, 0.3) is 0 Å². The summed E-state index contributed by atoms with van der Waals surface area (Å²) in [6.07, 6.45) is 3.30. The van der Waals surface area contributed by atoms with Gasteiger partial charge in [-0.1, -0.05) is 0 Å². The first-order valence-electron chi connectivity index (χ1n) is 5.34. The SMILES string of the molecule is CCn1cc(Oc2ccc([N+](=O)[O-])c(N)c2)cn1. The summed E-state index contributed by atoms with van der Waals surface area (Å²) in [7, 11) is 0. The summed E-state index contributed by atoms with van der Waals surface area (Å²) in [4.78, 5) is 10.1. The van der Waals surface area contributed by atoms with Gasteiger partial charge in [-0.25, -0.2) is 0 Å². The Bertz CT molecular complexity index is 579. The van der Waals surface area contributed by atoms with Crippen LogP contribution in [0.5, 0.6) is 11.5 Å². The minimum absolute atomic E-state index is 0.0698. The molecule has 0 unspecified atom stereocenters. The van der Waals surface area contributed by atoms with E-state index in [1.54, 1.807) is 17.1 Å². The summed E-state index contributed by atoms with van der Waals surface area (Å²) in [5, 5.41) is 14.7. The van der Waals surface area contributed by atoms with Gasteiger partial charge in [0.2, 0.25) is 0 Å². The molecule has 0 aliphatic carbocycles. The van der Waals surface area contributed by atoms with E-state index in [4.69, 9.17) is 10.5 Å². The van der Waals surface area contributed by atoms with Crippen molar-refractivity contribution in [2.24, 2.45) is 0 Å².